The van der Waals surface area contributed by atoms with E-state index < -0.39 is 21.9 Å². The predicted molar refractivity (Wildman–Crippen MR) is 119 cm³/mol. The Morgan fingerprint density at radius 1 is 1.10 bits per heavy atom. The van der Waals surface area contributed by atoms with Crippen molar-refractivity contribution in [3.63, 3.8) is 0 Å². The number of esters is 1. The summed E-state index contributed by atoms with van der Waals surface area (Å²) in [6.45, 7) is 2.35. The number of nitrogens with zero attached hydrogens (tertiary/aromatic N) is 1. The monoisotopic (exact) mass is 456 g/mol. The number of hydrogen-bond donors (Lipinski definition) is 1. The molecule has 0 spiro atoms. The Morgan fingerprint density at radius 2 is 1.90 bits per heavy atom. The van der Waals surface area contributed by atoms with Crippen molar-refractivity contribution >= 4 is 43.9 Å². The number of carbonyl (C=O) groups is 2. The Balaban J connectivity index is 1.55. The van der Waals surface area contributed by atoms with Gasteiger partial charge in [0, 0.05) is 12.1 Å². The van der Waals surface area contributed by atoms with Crippen LogP contribution in [0.3, 0.4) is 0 Å². The van der Waals surface area contributed by atoms with Gasteiger partial charge in [0.1, 0.15) is 4.88 Å². The topological polar surface area (TPSA) is 92.8 Å². The lowest BCUT2D eigenvalue weighted by Gasteiger charge is -2.19. The Hall–Kier alpha value is -3.17. The van der Waals surface area contributed by atoms with E-state index in [-0.39, 0.29) is 17.1 Å². The summed E-state index contributed by atoms with van der Waals surface area (Å²) in [5.74, 6) is -0.914. The smallest absolute Gasteiger partial charge is 0.348 e. The van der Waals surface area contributed by atoms with Gasteiger partial charge >= 0.3 is 5.97 Å². The average Bonchev–Trinajstić information content (AvgIpc) is 3.41. The van der Waals surface area contributed by atoms with Gasteiger partial charge in [-0.05, 0) is 55.3 Å². The number of amides is 1. The van der Waals surface area contributed by atoms with E-state index in [9.17, 15) is 18.0 Å². The number of ether oxygens (including phenoxy) is 1. The zero-order chi connectivity index (χ0) is 22.0. The number of thiophene rings is 1. The van der Waals surface area contributed by atoms with Gasteiger partial charge in [0.15, 0.2) is 0 Å². The van der Waals surface area contributed by atoms with Crippen molar-refractivity contribution in [1.82, 2.24) is 0 Å². The minimum absolute atomic E-state index is 0.0512. The molecule has 1 amide bonds. The normalized spacial score (nSPS) is 13.0. The summed E-state index contributed by atoms with van der Waals surface area (Å²) in [5, 5.41) is 3.17. The summed E-state index contributed by atoms with van der Waals surface area (Å²) in [4.78, 5) is 24.9. The van der Waals surface area contributed by atoms with E-state index in [4.69, 9.17) is 4.74 Å². The van der Waals surface area contributed by atoms with Gasteiger partial charge in [0.05, 0.1) is 22.2 Å². The van der Waals surface area contributed by atoms with E-state index in [1.165, 1.54) is 16.4 Å². The summed E-state index contributed by atoms with van der Waals surface area (Å²) in [7, 11) is -3.80. The molecule has 3 aromatic rings. The lowest BCUT2D eigenvalue weighted by molar-refractivity contribution is 0.0532. The first-order chi connectivity index (χ1) is 14.9. The maximum atomic E-state index is 13.2. The second-order valence-corrected chi connectivity index (χ2v) is 9.77. The summed E-state index contributed by atoms with van der Waals surface area (Å²) in [6, 6.07) is 16.5. The lowest BCUT2D eigenvalue weighted by Crippen LogP contribution is -2.29. The molecule has 0 saturated heterocycles. The predicted octanol–water partition coefficient (Wildman–Crippen LogP) is 3.93. The van der Waals surface area contributed by atoms with E-state index in [0.717, 1.165) is 16.9 Å². The van der Waals surface area contributed by atoms with Gasteiger partial charge < -0.3 is 10.1 Å². The second-order valence-electron chi connectivity index (χ2n) is 6.82. The summed E-state index contributed by atoms with van der Waals surface area (Å²) >= 11 is 1.09. The molecular weight excluding hydrogens is 436 g/mol. The molecule has 0 saturated carbocycles. The number of sulfonamides is 1. The van der Waals surface area contributed by atoms with Gasteiger partial charge in [-0.3, -0.25) is 9.10 Å². The number of benzene rings is 2. The molecule has 0 bridgehead atoms. The highest BCUT2D eigenvalue weighted by molar-refractivity contribution is 7.92. The van der Waals surface area contributed by atoms with Crippen LogP contribution in [0, 0.1) is 0 Å². The Labute approximate surface area is 184 Å². The van der Waals surface area contributed by atoms with E-state index in [0.29, 0.717) is 28.5 Å². The molecule has 160 valence electrons. The van der Waals surface area contributed by atoms with Crippen molar-refractivity contribution in [3.8, 4) is 0 Å². The number of nitrogens with one attached hydrogen (secondary N) is 1. The van der Waals surface area contributed by atoms with Crippen LogP contribution in [0.25, 0.3) is 0 Å². The van der Waals surface area contributed by atoms with E-state index in [2.05, 4.69) is 5.32 Å². The molecule has 0 unspecified atom stereocenters. The highest BCUT2D eigenvalue weighted by Gasteiger charge is 2.31. The Bertz CT molecular complexity index is 1250. The van der Waals surface area contributed by atoms with Crippen LogP contribution in [0.15, 0.2) is 65.6 Å². The fourth-order valence-corrected chi connectivity index (χ4v) is 5.73. The maximum absolute atomic E-state index is 13.2. The van der Waals surface area contributed by atoms with E-state index in [1.807, 2.05) is 18.2 Å². The number of carbonyl (C=O) groups excluding carboxylic acids is 2. The number of para-hydroxylation sites is 1. The minimum atomic E-state index is -3.80. The molecule has 2 aromatic carbocycles. The average molecular weight is 457 g/mol. The summed E-state index contributed by atoms with van der Waals surface area (Å²) < 4.78 is 32.8. The van der Waals surface area contributed by atoms with Gasteiger partial charge in [-0.2, -0.15) is 0 Å². The third kappa shape index (κ3) is 4.19. The van der Waals surface area contributed by atoms with Crippen LogP contribution >= 0.6 is 11.3 Å². The molecule has 4 rings (SSSR count). The molecule has 2 heterocycles. The molecule has 1 aliphatic heterocycles. The van der Waals surface area contributed by atoms with Crippen molar-refractivity contribution in [3.05, 3.63) is 76.7 Å². The van der Waals surface area contributed by atoms with Crippen LogP contribution in [-0.2, 0) is 21.2 Å². The molecule has 0 radical (unpaired) electrons. The first-order valence-electron chi connectivity index (χ1n) is 9.69. The van der Waals surface area contributed by atoms with E-state index >= 15 is 0 Å². The van der Waals surface area contributed by atoms with Crippen molar-refractivity contribution in [2.45, 2.75) is 18.2 Å². The quantitative estimate of drug-likeness (QED) is 0.568. The fourth-order valence-electron chi connectivity index (χ4n) is 3.38. The van der Waals surface area contributed by atoms with Crippen molar-refractivity contribution in [2.24, 2.45) is 0 Å². The first kappa shape index (κ1) is 21.1. The molecule has 0 atom stereocenters. The number of hydrogen-bond acceptors (Lipinski definition) is 6. The first-order valence-corrected chi connectivity index (χ1v) is 11.9. The van der Waals surface area contributed by atoms with Gasteiger partial charge in [-0.1, -0.05) is 24.3 Å². The molecular formula is C22H20N2O5S2. The molecule has 1 aromatic heterocycles. The second kappa shape index (κ2) is 8.52. The molecule has 9 heteroatoms. The summed E-state index contributed by atoms with van der Waals surface area (Å²) in [6.07, 6.45) is 0.650. The Morgan fingerprint density at radius 3 is 2.71 bits per heavy atom. The largest absolute Gasteiger partial charge is 0.462 e. The van der Waals surface area contributed by atoms with Crippen LogP contribution in [0.4, 0.5) is 10.7 Å². The van der Waals surface area contributed by atoms with Crippen molar-refractivity contribution in [1.29, 1.82) is 0 Å². The van der Waals surface area contributed by atoms with Crippen molar-refractivity contribution in [2.75, 3.05) is 22.8 Å². The van der Waals surface area contributed by atoms with Crippen LogP contribution in [-0.4, -0.2) is 33.4 Å². The zero-order valence-corrected chi connectivity index (χ0v) is 18.3. The van der Waals surface area contributed by atoms with Crippen molar-refractivity contribution < 1.29 is 22.7 Å². The fraction of sp³-hybridized carbons (Fsp3) is 0.182. The van der Waals surface area contributed by atoms with Gasteiger partial charge in [0.25, 0.3) is 15.9 Å². The molecule has 1 aliphatic rings. The van der Waals surface area contributed by atoms with Crippen LogP contribution in [0.2, 0.25) is 0 Å². The third-order valence-electron chi connectivity index (χ3n) is 4.85. The van der Waals surface area contributed by atoms with Gasteiger partial charge in [-0.25, -0.2) is 13.2 Å². The maximum Gasteiger partial charge on any atom is 0.348 e. The number of anilines is 2. The Kier molecular flexibility index (Phi) is 5.79. The zero-order valence-electron chi connectivity index (χ0n) is 16.7. The highest BCUT2D eigenvalue weighted by atomic mass is 32.2. The van der Waals surface area contributed by atoms with Crippen LogP contribution in [0.5, 0.6) is 0 Å². The molecule has 31 heavy (non-hydrogen) atoms. The molecule has 0 fully saturated rings. The van der Waals surface area contributed by atoms with Crippen LogP contribution in [0.1, 0.15) is 32.5 Å². The highest BCUT2D eigenvalue weighted by Crippen LogP contribution is 2.33. The molecule has 7 nitrogen and oxygen atoms in total. The lowest BCUT2D eigenvalue weighted by atomic mass is 10.2. The van der Waals surface area contributed by atoms with E-state index in [1.54, 1.807) is 37.3 Å². The van der Waals surface area contributed by atoms with Gasteiger partial charge in [0.2, 0.25) is 0 Å². The molecule has 0 aliphatic carbocycles. The number of fused-ring (bicyclic) bond motifs is 1. The summed E-state index contributed by atoms with van der Waals surface area (Å²) in [5.41, 5.74) is 1.86. The SMILES string of the molecule is CCOC(=O)c1ccc(NC(=O)c2cccc(S(=O)(=O)N3CCc4ccccc43)c2)s1. The standard InChI is InChI=1S/C22H20N2O5S2/c1-2-29-22(26)19-10-11-20(30-19)23-21(25)16-7-5-8-17(14-16)31(27,28)24-13-12-15-6-3-4-9-18(15)24/h3-11,14H,2,12-13H2,1H3,(H,23,25). The minimum Gasteiger partial charge on any atom is -0.462 e. The third-order valence-corrected chi connectivity index (χ3v) is 7.64. The van der Waals surface area contributed by atoms with Crippen LogP contribution < -0.4 is 9.62 Å². The molecule has 1 N–H and O–H groups in total. The number of rotatable bonds is 6. The van der Waals surface area contributed by atoms with Gasteiger partial charge in [-0.15, -0.1) is 11.3 Å².